The standard InChI is InChI=1S/C14H16O5/c15-7-14(8-17-9-14)13(16)10-2-3-11-12(6-10)19-5-1-4-18-11/h2-3,6,15H,1,4-5,7-9H2. The molecule has 1 aromatic rings. The molecule has 0 aromatic heterocycles. The van der Waals surface area contributed by atoms with E-state index >= 15 is 0 Å². The zero-order chi connectivity index (χ0) is 13.3. The molecule has 1 saturated heterocycles. The highest BCUT2D eigenvalue weighted by Gasteiger charge is 2.45. The molecule has 0 saturated carbocycles. The predicted octanol–water partition coefficient (Wildman–Crippen LogP) is 1.04. The van der Waals surface area contributed by atoms with Crippen LogP contribution in [0.5, 0.6) is 11.5 Å². The lowest BCUT2D eigenvalue weighted by Gasteiger charge is -2.38. The van der Waals surface area contributed by atoms with Gasteiger partial charge in [0.05, 0.1) is 33.0 Å². The smallest absolute Gasteiger partial charge is 0.176 e. The zero-order valence-corrected chi connectivity index (χ0v) is 10.6. The van der Waals surface area contributed by atoms with Crippen molar-refractivity contribution < 1.29 is 24.1 Å². The normalized spacial score (nSPS) is 20.3. The average Bonchev–Trinajstić information content (AvgIpc) is 2.62. The van der Waals surface area contributed by atoms with Crippen molar-refractivity contribution >= 4 is 5.78 Å². The third-order valence-electron chi connectivity index (χ3n) is 3.55. The van der Waals surface area contributed by atoms with Crippen molar-refractivity contribution in [1.29, 1.82) is 0 Å². The molecule has 0 aliphatic carbocycles. The van der Waals surface area contributed by atoms with Crippen LogP contribution in [0.2, 0.25) is 0 Å². The third kappa shape index (κ3) is 2.09. The van der Waals surface area contributed by atoms with Crippen molar-refractivity contribution in [3.63, 3.8) is 0 Å². The summed E-state index contributed by atoms with van der Waals surface area (Å²) in [5.74, 6) is 1.16. The number of Topliss-reactive ketones (excluding diaryl/α,β-unsaturated/α-hetero) is 1. The van der Waals surface area contributed by atoms with Crippen molar-refractivity contribution in [2.75, 3.05) is 33.0 Å². The van der Waals surface area contributed by atoms with Crippen molar-refractivity contribution in [1.82, 2.24) is 0 Å². The second-order valence-corrected chi connectivity index (χ2v) is 4.97. The molecule has 2 aliphatic heterocycles. The summed E-state index contributed by atoms with van der Waals surface area (Å²) in [5.41, 5.74) is -0.249. The second-order valence-electron chi connectivity index (χ2n) is 4.97. The van der Waals surface area contributed by atoms with Gasteiger partial charge in [0.1, 0.15) is 5.41 Å². The summed E-state index contributed by atoms with van der Waals surface area (Å²) in [4.78, 5) is 12.4. The number of ether oxygens (including phenoxy) is 3. The maximum Gasteiger partial charge on any atom is 0.176 e. The Morgan fingerprint density at radius 1 is 1.21 bits per heavy atom. The fourth-order valence-electron chi connectivity index (χ4n) is 2.25. The molecule has 1 N–H and O–H groups in total. The lowest BCUT2D eigenvalue weighted by Crippen LogP contribution is -2.51. The van der Waals surface area contributed by atoms with Crippen LogP contribution in [0, 0.1) is 5.41 Å². The van der Waals surface area contributed by atoms with E-state index in [2.05, 4.69) is 0 Å². The highest BCUT2D eigenvalue weighted by atomic mass is 16.5. The van der Waals surface area contributed by atoms with Gasteiger partial charge >= 0.3 is 0 Å². The van der Waals surface area contributed by atoms with Gasteiger partial charge in [0.25, 0.3) is 0 Å². The highest BCUT2D eigenvalue weighted by Crippen LogP contribution is 2.35. The molecule has 0 atom stereocenters. The van der Waals surface area contributed by atoms with Gasteiger partial charge < -0.3 is 19.3 Å². The first kappa shape index (κ1) is 12.4. The van der Waals surface area contributed by atoms with E-state index in [1.165, 1.54) is 0 Å². The molecule has 19 heavy (non-hydrogen) atoms. The van der Waals surface area contributed by atoms with Gasteiger partial charge in [0.15, 0.2) is 17.3 Å². The first-order valence-corrected chi connectivity index (χ1v) is 6.38. The molecule has 1 fully saturated rings. The Hall–Kier alpha value is -1.59. The second kappa shape index (κ2) is 4.83. The van der Waals surface area contributed by atoms with E-state index in [4.69, 9.17) is 14.2 Å². The molecule has 0 unspecified atom stereocenters. The number of ketones is 1. The van der Waals surface area contributed by atoms with Gasteiger partial charge in [-0.2, -0.15) is 0 Å². The Labute approximate surface area is 111 Å². The molecule has 3 rings (SSSR count). The minimum Gasteiger partial charge on any atom is -0.490 e. The van der Waals surface area contributed by atoms with Crippen LogP contribution in [0.1, 0.15) is 16.8 Å². The Kier molecular flexibility index (Phi) is 3.16. The van der Waals surface area contributed by atoms with Crippen LogP contribution in [0.3, 0.4) is 0 Å². The van der Waals surface area contributed by atoms with Crippen LogP contribution < -0.4 is 9.47 Å². The van der Waals surface area contributed by atoms with Gasteiger partial charge in [-0.1, -0.05) is 0 Å². The van der Waals surface area contributed by atoms with Crippen LogP contribution in [-0.2, 0) is 4.74 Å². The Bertz CT molecular complexity index is 487. The predicted molar refractivity (Wildman–Crippen MR) is 66.7 cm³/mol. The van der Waals surface area contributed by atoms with Gasteiger partial charge in [0, 0.05) is 12.0 Å². The molecule has 1 aromatic carbocycles. The van der Waals surface area contributed by atoms with Gasteiger partial charge in [-0.15, -0.1) is 0 Å². The number of rotatable bonds is 3. The fourth-order valence-corrected chi connectivity index (χ4v) is 2.25. The van der Waals surface area contributed by atoms with Crippen molar-refractivity contribution in [2.45, 2.75) is 6.42 Å². The number of aliphatic hydroxyl groups excluding tert-OH is 1. The van der Waals surface area contributed by atoms with Gasteiger partial charge in [-0.3, -0.25) is 4.79 Å². The average molecular weight is 264 g/mol. The van der Waals surface area contributed by atoms with E-state index in [0.29, 0.717) is 30.3 Å². The highest BCUT2D eigenvalue weighted by molar-refractivity contribution is 6.01. The topological polar surface area (TPSA) is 65.0 Å². The Morgan fingerprint density at radius 2 is 1.95 bits per heavy atom. The van der Waals surface area contributed by atoms with Crippen LogP contribution >= 0.6 is 0 Å². The summed E-state index contributed by atoms with van der Waals surface area (Å²) in [6.45, 7) is 1.56. The monoisotopic (exact) mass is 264 g/mol. The lowest BCUT2D eigenvalue weighted by atomic mass is 9.79. The molecule has 0 radical (unpaired) electrons. The van der Waals surface area contributed by atoms with E-state index < -0.39 is 5.41 Å². The SMILES string of the molecule is O=C(c1ccc2c(c1)OCCCO2)C1(CO)COC1. The summed E-state index contributed by atoms with van der Waals surface area (Å²) in [6, 6.07) is 5.16. The summed E-state index contributed by atoms with van der Waals surface area (Å²) in [5, 5.41) is 9.39. The third-order valence-corrected chi connectivity index (χ3v) is 3.55. The summed E-state index contributed by atoms with van der Waals surface area (Å²) >= 11 is 0. The number of aliphatic hydroxyl groups is 1. The summed E-state index contributed by atoms with van der Waals surface area (Å²) in [6.07, 6.45) is 0.826. The van der Waals surface area contributed by atoms with Crippen LogP contribution in [-0.4, -0.2) is 43.9 Å². The molecular weight excluding hydrogens is 248 g/mol. The quantitative estimate of drug-likeness (QED) is 0.826. The Morgan fingerprint density at radius 3 is 2.58 bits per heavy atom. The molecule has 2 aliphatic rings. The van der Waals surface area contributed by atoms with E-state index in [9.17, 15) is 9.90 Å². The number of fused-ring (bicyclic) bond motifs is 1. The number of carbonyl (C=O) groups is 1. The molecule has 102 valence electrons. The number of carbonyl (C=O) groups excluding carboxylic acids is 1. The molecule has 0 amide bonds. The number of hydrogen-bond donors (Lipinski definition) is 1. The van der Waals surface area contributed by atoms with Gasteiger partial charge in [0.2, 0.25) is 0 Å². The lowest BCUT2D eigenvalue weighted by molar-refractivity contribution is -0.109. The van der Waals surface area contributed by atoms with Gasteiger partial charge in [-0.25, -0.2) is 0 Å². The van der Waals surface area contributed by atoms with Gasteiger partial charge in [-0.05, 0) is 18.2 Å². The van der Waals surface area contributed by atoms with E-state index in [0.717, 1.165) is 6.42 Å². The molecule has 5 nitrogen and oxygen atoms in total. The Balaban J connectivity index is 1.89. The summed E-state index contributed by atoms with van der Waals surface area (Å²) < 4.78 is 16.2. The zero-order valence-electron chi connectivity index (χ0n) is 10.6. The number of benzene rings is 1. The van der Waals surface area contributed by atoms with Crippen LogP contribution in [0.15, 0.2) is 18.2 Å². The minimum atomic E-state index is -0.778. The van der Waals surface area contributed by atoms with E-state index in [1.54, 1.807) is 18.2 Å². The van der Waals surface area contributed by atoms with E-state index in [1.807, 2.05) is 0 Å². The molecule has 0 bridgehead atoms. The van der Waals surface area contributed by atoms with Crippen molar-refractivity contribution in [3.05, 3.63) is 23.8 Å². The van der Waals surface area contributed by atoms with Crippen LogP contribution in [0.25, 0.3) is 0 Å². The first-order chi connectivity index (χ1) is 9.25. The van der Waals surface area contributed by atoms with Crippen molar-refractivity contribution in [2.24, 2.45) is 5.41 Å². The largest absolute Gasteiger partial charge is 0.490 e. The molecule has 2 heterocycles. The van der Waals surface area contributed by atoms with E-state index in [-0.39, 0.29) is 25.6 Å². The maximum absolute atomic E-state index is 12.4. The van der Waals surface area contributed by atoms with Crippen LogP contribution in [0.4, 0.5) is 0 Å². The first-order valence-electron chi connectivity index (χ1n) is 6.38. The molecule has 0 spiro atoms. The maximum atomic E-state index is 12.4. The fraction of sp³-hybridized carbons (Fsp3) is 0.500. The van der Waals surface area contributed by atoms with Crippen molar-refractivity contribution in [3.8, 4) is 11.5 Å². The minimum absolute atomic E-state index is 0.100. The molecular formula is C14H16O5. The summed E-state index contributed by atoms with van der Waals surface area (Å²) in [7, 11) is 0. The number of hydrogen-bond acceptors (Lipinski definition) is 5. The molecule has 5 heteroatoms.